The van der Waals surface area contributed by atoms with E-state index in [2.05, 4.69) is 15.9 Å². The van der Waals surface area contributed by atoms with Crippen LogP contribution in [-0.2, 0) is 0 Å². The molecular weight excluding hydrogens is 256 g/mol. The Bertz CT molecular complexity index is 338. The van der Waals surface area contributed by atoms with Gasteiger partial charge in [-0.3, -0.25) is 0 Å². The van der Waals surface area contributed by atoms with Crippen LogP contribution in [-0.4, -0.2) is 10.2 Å². The van der Waals surface area contributed by atoms with Gasteiger partial charge in [-0.05, 0) is 27.8 Å². The third-order valence-corrected chi connectivity index (χ3v) is 3.31. The predicted molar refractivity (Wildman–Crippen MR) is 65.6 cm³/mol. The number of hydrogen-bond donors (Lipinski definition) is 2. The Hall–Kier alpha value is -0.700. The van der Waals surface area contributed by atoms with Gasteiger partial charge in [-0.2, -0.15) is 0 Å². The van der Waals surface area contributed by atoms with E-state index in [-0.39, 0.29) is 23.3 Å². The maximum absolute atomic E-state index is 9.76. The molecule has 0 heterocycles. The number of hydrogen-bond acceptors (Lipinski definition) is 2. The molecule has 2 N–H and O–H groups in total. The molecule has 0 aliphatic rings. The molecule has 0 saturated heterocycles. The van der Waals surface area contributed by atoms with Crippen LogP contribution >= 0.6 is 15.9 Å². The zero-order valence-corrected chi connectivity index (χ0v) is 11.1. The van der Waals surface area contributed by atoms with Crippen molar-refractivity contribution in [2.24, 2.45) is 0 Å². The van der Waals surface area contributed by atoms with E-state index in [9.17, 15) is 10.2 Å². The lowest BCUT2D eigenvalue weighted by Gasteiger charge is -2.18. The Balaban J connectivity index is 3.49. The van der Waals surface area contributed by atoms with Crippen molar-refractivity contribution in [3.63, 3.8) is 0 Å². The normalized spacial score (nSPS) is 11.4. The lowest BCUT2D eigenvalue weighted by molar-refractivity contribution is 0.436. The van der Waals surface area contributed by atoms with Crippen LogP contribution in [0.25, 0.3) is 0 Å². The highest BCUT2D eigenvalue weighted by Crippen LogP contribution is 2.43. The summed E-state index contributed by atoms with van der Waals surface area (Å²) >= 11 is 3.46. The molecule has 0 aliphatic carbocycles. The number of aromatic hydroxyl groups is 2. The Labute approximate surface area is 99.1 Å². The molecule has 0 radical (unpaired) electrons. The third-order valence-electron chi connectivity index (χ3n) is 2.45. The van der Waals surface area contributed by atoms with Gasteiger partial charge in [0.05, 0.1) is 0 Å². The molecule has 0 fully saturated rings. The van der Waals surface area contributed by atoms with E-state index in [0.717, 1.165) is 15.6 Å². The average Bonchev–Trinajstić information content (AvgIpc) is 1.99. The molecule has 15 heavy (non-hydrogen) atoms. The first-order valence-corrected chi connectivity index (χ1v) is 5.89. The smallest absolute Gasteiger partial charge is 0.123 e. The Morgan fingerprint density at radius 3 is 1.53 bits per heavy atom. The Kier molecular flexibility index (Phi) is 3.66. The molecule has 0 aliphatic heterocycles. The maximum atomic E-state index is 9.76. The molecule has 0 spiro atoms. The molecule has 2 nitrogen and oxygen atoms in total. The second kappa shape index (κ2) is 4.44. The number of phenolic OH excluding ortho intramolecular Hbond substituents is 2. The van der Waals surface area contributed by atoms with Crippen LogP contribution in [0.4, 0.5) is 0 Å². The van der Waals surface area contributed by atoms with Gasteiger partial charge in [0.25, 0.3) is 0 Å². The quantitative estimate of drug-likeness (QED) is 0.851. The zero-order valence-electron chi connectivity index (χ0n) is 9.50. The van der Waals surface area contributed by atoms with Crippen LogP contribution in [0, 0.1) is 0 Å². The monoisotopic (exact) mass is 272 g/mol. The van der Waals surface area contributed by atoms with Crippen molar-refractivity contribution < 1.29 is 10.2 Å². The van der Waals surface area contributed by atoms with E-state index in [1.165, 1.54) is 6.07 Å². The van der Waals surface area contributed by atoms with E-state index >= 15 is 0 Å². The summed E-state index contributed by atoms with van der Waals surface area (Å²) in [7, 11) is 0. The van der Waals surface area contributed by atoms with Crippen molar-refractivity contribution in [1.29, 1.82) is 0 Å². The van der Waals surface area contributed by atoms with Crippen LogP contribution in [0.2, 0.25) is 0 Å². The molecule has 3 heteroatoms. The van der Waals surface area contributed by atoms with E-state index < -0.39 is 0 Å². The zero-order chi connectivity index (χ0) is 11.7. The highest BCUT2D eigenvalue weighted by atomic mass is 79.9. The van der Waals surface area contributed by atoms with Crippen molar-refractivity contribution in [2.45, 2.75) is 39.5 Å². The van der Waals surface area contributed by atoms with E-state index in [1.54, 1.807) is 0 Å². The lowest BCUT2D eigenvalue weighted by atomic mass is 9.94. The fourth-order valence-corrected chi connectivity index (χ4v) is 3.08. The molecule has 0 amide bonds. The second-order valence-electron chi connectivity index (χ2n) is 4.37. The van der Waals surface area contributed by atoms with Crippen LogP contribution in [0.5, 0.6) is 11.5 Å². The molecule has 84 valence electrons. The van der Waals surface area contributed by atoms with Crippen LogP contribution in [0.3, 0.4) is 0 Å². The van der Waals surface area contributed by atoms with Crippen molar-refractivity contribution in [3.8, 4) is 11.5 Å². The number of halogens is 1. The summed E-state index contributed by atoms with van der Waals surface area (Å²) in [6.45, 7) is 8.06. The van der Waals surface area contributed by atoms with Gasteiger partial charge in [-0.15, -0.1) is 0 Å². The Morgan fingerprint density at radius 1 is 0.933 bits per heavy atom. The molecule has 0 unspecified atom stereocenters. The topological polar surface area (TPSA) is 40.5 Å². The highest BCUT2D eigenvalue weighted by molar-refractivity contribution is 9.10. The minimum Gasteiger partial charge on any atom is -0.507 e. The summed E-state index contributed by atoms with van der Waals surface area (Å²) in [5.74, 6) is 0.743. The van der Waals surface area contributed by atoms with E-state index in [0.29, 0.717) is 0 Å². The summed E-state index contributed by atoms with van der Waals surface area (Å²) in [4.78, 5) is 0. The third kappa shape index (κ3) is 2.28. The highest BCUT2D eigenvalue weighted by Gasteiger charge is 2.19. The molecule has 0 aromatic heterocycles. The van der Waals surface area contributed by atoms with Crippen molar-refractivity contribution in [2.75, 3.05) is 0 Å². The standard InChI is InChI=1S/C12H17BrO2/c1-6(2)10-8(14)5-9(15)11(7(3)4)12(10)13/h5-7,14-15H,1-4H3. The van der Waals surface area contributed by atoms with Crippen molar-refractivity contribution in [1.82, 2.24) is 0 Å². The summed E-state index contributed by atoms with van der Waals surface area (Å²) < 4.78 is 0.824. The molecule has 1 aromatic rings. The predicted octanol–water partition coefficient (Wildman–Crippen LogP) is 4.11. The average molecular weight is 273 g/mol. The van der Waals surface area contributed by atoms with Gasteiger partial charge in [0.15, 0.2) is 0 Å². The Morgan fingerprint density at radius 2 is 1.27 bits per heavy atom. The molecule has 0 bridgehead atoms. The summed E-state index contributed by atoms with van der Waals surface area (Å²) in [6.07, 6.45) is 0. The minimum absolute atomic E-state index is 0.152. The number of benzene rings is 1. The first kappa shape index (κ1) is 12.4. The van der Waals surface area contributed by atoms with Gasteiger partial charge >= 0.3 is 0 Å². The molecular formula is C12H17BrO2. The lowest BCUT2D eigenvalue weighted by Crippen LogP contribution is -1.97. The summed E-state index contributed by atoms with van der Waals surface area (Å²) in [6, 6.07) is 1.43. The maximum Gasteiger partial charge on any atom is 0.123 e. The van der Waals surface area contributed by atoms with Crippen LogP contribution < -0.4 is 0 Å². The second-order valence-corrected chi connectivity index (χ2v) is 5.16. The molecule has 0 atom stereocenters. The van der Waals surface area contributed by atoms with Gasteiger partial charge in [-0.25, -0.2) is 0 Å². The van der Waals surface area contributed by atoms with Gasteiger partial charge in [0.2, 0.25) is 0 Å². The summed E-state index contributed by atoms with van der Waals surface area (Å²) in [5.41, 5.74) is 1.72. The van der Waals surface area contributed by atoms with Gasteiger partial charge in [0.1, 0.15) is 11.5 Å². The fourth-order valence-electron chi connectivity index (χ4n) is 1.75. The van der Waals surface area contributed by atoms with E-state index in [4.69, 9.17) is 0 Å². The SMILES string of the molecule is CC(C)c1c(O)cc(O)c(C(C)C)c1Br. The van der Waals surface area contributed by atoms with Gasteiger partial charge < -0.3 is 10.2 Å². The van der Waals surface area contributed by atoms with Gasteiger partial charge in [0, 0.05) is 21.7 Å². The van der Waals surface area contributed by atoms with Crippen molar-refractivity contribution >= 4 is 15.9 Å². The number of rotatable bonds is 2. The van der Waals surface area contributed by atoms with Gasteiger partial charge in [-0.1, -0.05) is 27.7 Å². The van der Waals surface area contributed by atoms with Crippen molar-refractivity contribution in [3.05, 3.63) is 21.7 Å². The fraction of sp³-hybridized carbons (Fsp3) is 0.500. The van der Waals surface area contributed by atoms with Crippen LogP contribution in [0.1, 0.15) is 50.7 Å². The van der Waals surface area contributed by atoms with E-state index in [1.807, 2.05) is 27.7 Å². The minimum atomic E-state index is 0.152. The molecule has 0 saturated carbocycles. The largest absolute Gasteiger partial charge is 0.507 e. The number of phenols is 2. The molecule has 1 aromatic carbocycles. The molecule has 1 rings (SSSR count). The van der Waals surface area contributed by atoms with Crippen LogP contribution in [0.15, 0.2) is 10.5 Å². The first-order chi connectivity index (χ1) is 6.86. The summed E-state index contributed by atoms with van der Waals surface area (Å²) in [5, 5.41) is 19.5. The first-order valence-electron chi connectivity index (χ1n) is 5.10.